The van der Waals surface area contributed by atoms with Gasteiger partial charge in [-0.05, 0) is 57.5 Å². The van der Waals surface area contributed by atoms with Crippen LogP contribution in [0, 0.1) is 20.8 Å². The zero-order valence-corrected chi connectivity index (χ0v) is 12.5. The van der Waals surface area contributed by atoms with E-state index in [1.807, 2.05) is 27.8 Å². The van der Waals surface area contributed by atoms with E-state index in [-0.39, 0.29) is 5.91 Å². The number of ether oxygens (including phenoxy) is 1. The minimum Gasteiger partial charge on any atom is -0.494 e. The first kappa shape index (κ1) is 15.5. The Labute approximate surface area is 115 Å². The number of methoxy groups -OCH3 is 1. The molecular formula is C15H24N2O2. The van der Waals surface area contributed by atoms with Gasteiger partial charge in [-0.2, -0.15) is 0 Å². The van der Waals surface area contributed by atoms with Crippen molar-refractivity contribution in [3.05, 3.63) is 22.8 Å². The van der Waals surface area contributed by atoms with Crippen molar-refractivity contribution in [2.75, 3.05) is 26.0 Å². The molecule has 0 heterocycles. The van der Waals surface area contributed by atoms with Crippen molar-refractivity contribution in [1.29, 1.82) is 0 Å². The average Bonchev–Trinajstić information content (AvgIpc) is 2.36. The minimum atomic E-state index is 0.0277. The molecule has 0 unspecified atom stereocenters. The molecule has 0 aliphatic rings. The van der Waals surface area contributed by atoms with Crippen LogP contribution in [0.1, 0.15) is 29.5 Å². The quantitative estimate of drug-likeness (QED) is 0.776. The standard InChI is InChI=1S/C15H24N2O2/c1-10-9-11(2)14(15(19-5)12(10)3)17-13(18)7-6-8-16-4/h9,16H,6-8H2,1-5H3,(H,17,18). The van der Waals surface area contributed by atoms with Crippen LogP contribution in [0.4, 0.5) is 5.69 Å². The highest BCUT2D eigenvalue weighted by molar-refractivity contribution is 5.93. The third-order valence-corrected chi connectivity index (χ3v) is 3.29. The summed E-state index contributed by atoms with van der Waals surface area (Å²) < 4.78 is 5.44. The maximum absolute atomic E-state index is 11.9. The Morgan fingerprint density at radius 1 is 1.26 bits per heavy atom. The summed E-state index contributed by atoms with van der Waals surface area (Å²) in [6.45, 7) is 6.88. The molecule has 0 fully saturated rings. The highest BCUT2D eigenvalue weighted by atomic mass is 16.5. The molecule has 1 amide bonds. The Bertz CT molecular complexity index is 456. The molecule has 0 atom stereocenters. The number of carbonyl (C=O) groups is 1. The lowest BCUT2D eigenvalue weighted by atomic mass is 10.0. The summed E-state index contributed by atoms with van der Waals surface area (Å²) in [5, 5.41) is 6.00. The summed E-state index contributed by atoms with van der Waals surface area (Å²) >= 11 is 0. The molecule has 4 nitrogen and oxygen atoms in total. The van der Waals surface area contributed by atoms with Crippen LogP contribution in [0.15, 0.2) is 6.07 Å². The van der Waals surface area contributed by atoms with Gasteiger partial charge in [0.2, 0.25) is 5.91 Å². The van der Waals surface area contributed by atoms with E-state index in [1.165, 1.54) is 5.56 Å². The predicted molar refractivity (Wildman–Crippen MR) is 79.0 cm³/mol. The van der Waals surface area contributed by atoms with E-state index in [4.69, 9.17) is 4.74 Å². The topological polar surface area (TPSA) is 50.4 Å². The Balaban J connectivity index is 2.88. The zero-order valence-electron chi connectivity index (χ0n) is 12.5. The van der Waals surface area contributed by atoms with Crippen molar-refractivity contribution in [1.82, 2.24) is 5.32 Å². The molecular weight excluding hydrogens is 240 g/mol. The van der Waals surface area contributed by atoms with Crippen molar-refractivity contribution in [2.45, 2.75) is 33.6 Å². The van der Waals surface area contributed by atoms with Crippen LogP contribution in [-0.4, -0.2) is 26.6 Å². The maximum Gasteiger partial charge on any atom is 0.224 e. The molecule has 1 aromatic rings. The van der Waals surface area contributed by atoms with E-state index >= 15 is 0 Å². The lowest BCUT2D eigenvalue weighted by Gasteiger charge is -2.17. The molecule has 0 spiro atoms. The van der Waals surface area contributed by atoms with Gasteiger partial charge in [-0.15, -0.1) is 0 Å². The van der Waals surface area contributed by atoms with Gasteiger partial charge in [0, 0.05) is 6.42 Å². The highest BCUT2D eigenvalue weighted by Crippen LogP contribution is 2.34. The van der Waals surface area contributed by atoms with Crippen LogP contribution in [-0.2, 0) is 4.79 Å². The Kier molecular flexibility index (Phi) is 5.83. The third kappa shape index (κ3) is 3.96. The second kappa shape index (κ2) is 7.14. The SMILES string of the molecule is CNCCCC(=O)Nc1c(C)cc(C)c(C)c1OC. The number of hydrogen-bond acceptors (Lipinski definition) is 3. The van der Waals surface area contributed by atoms with Crippen LogP contribution < -0.4 is 15.4 Å². The smallest absolute Gasteiger partial charge is 0.224 e. The molecule has 2 N–H and O–H groups in total. The number of amides is 1. The van der Waals surface area contributed by atoms with Gasteiger partial charge in [0.15, 0.2) is 0 Å². The monoisotopic (exact) mass is 264 g/mol. The number of hydrogen-bond donors (Lipinski definition) is 2. The van der Waals surface area contributed by atoms with Crippen LogP contribution in [0.5, 0.6) is 5.75 Å². The minimum absolute atomic E-state index is 0.0277. The average molecular weight is 264 g/mol. The second-order valence-electron chi connectivity index (χ2n) is 4.80. The number of rotatable bonds is 6. The van der Waals surface area contributed by atoms with Crippen LogP contribution in [0.2, 0.25) is 0 Å². The van der Waals surface area contributed by atoms with Crippen molar-refractivity contribution < 1.29 is 9.53 Å². The molecule has 0 aliphatic carbocycles. The normalized spacial score (nSPS) is 10.4. The third-order valence-electron chi connectivity index (χ3n) is 3.29. The molecule has 0 aliphatic heterocycles. The fourth-order valence-electron chi connectivity index (χ4n) is 2.09. The van der Waals surface area contributed by atoms with E-state index in [0.717, 1.165) is 35.5 Å². The molecule has 1 rings (SSSR count). The molecule has 1 aromatic carbocycles. The Morgan fingerprint density at radius 2 is 1.95 bits per heavy atom. The molecule has 0 aromatic heterocycles. The molecule has 0 saturated heterocycles. The van der Waals surface area contributed by atoms with Gasteiger partial charge in [-0.25, -0.2) is 0 Å². The van der Waals surface area contributed by atoms with Gasteiger partial charge in [0.25, 0.3) is 0 Å². The van der Waals surface area contributed by atoms with E-state index in [9.17, 15) is 4.79 Å². The summed E-state index contributed by atoms with van der Waals surface area (Å²) in [6, 6.07) is 2.07. The van der Waals surface area contributed by atoms with Crippen molar-refractivity contribution in [3.63, 3.8) is 0 Å². The van der Waals surface area contributed by atoms with Gasteiger partial charge in [0.05, 0.1) is 12.8 Å². The van der Waals surface area contributed by atoms with Crippen molar-refractivity contribution in [2.24, 2.45) is 0 Å². The van der Waals surface area contributed by atoms with E-state index < -0.39 is 0 Å². The summed E-state index contributed by atoms with van der Waals surface area (Å²) in [5.74, 6) is 0.791. The van der Waals surface area contributed by atoms with Gasteiger partial charge < -0.3 is 15.4 Å². The summed E-state index contributed by atoms with van der Waals surface area (Å²) in [4.78, 5) is 11.9. The fourth-order valence-corrected chi connectivity index (χ4v) is 2.09. The number of benzene rings is 1. The fraction of sp³-hybridized carbons (Fsp3) is 0.533. The van der Waals surface area contributed by atoms with Crippen LogP contribution >= 0.6 is 0 Å². The lowest BCUT2D eigenvalue weighted by Crippen LogP contribution is -2.16. The number of aryl methyl sites for hydroxylation is 2. The zero-order chi connectivity index (χ0) is 14.4. The molecule has 4 heteroatoms. The number of nitrogens with one attached hydrogen (secondary N) is 2. The van der Waals surface area contributed by atoms with E-state index in [2.05, 4.69) is 16.7 Å². The van der Waals surface area contributed by atoms with Gasteiger partial charge >= 0.3 is 0 Å². The van der Waals surface area contributed by atoms with Crippen LogP contribution in [0.3, 0.4) is 0 Å². The van der Waals surface area contributed by atoms with Gasteiger partial charge in [-0.3, -0.25) is 4.79 Å². The van der Waals surface area contributed by atoms with E-state index in [1.54, 1.807) is 7.11 Å². The summed E-state index contributed by atoms with van der Waals surface area (Å²) in [7, 11) is 3.52. The van der Waals surface area contributed by atoms with Gasteiger partial charge in [-0.1, -0.05) is 6.07 Å². The maximum atomic E-state index is 11.9. The first-order valence-electron chi connectivity index (χ1n) is 6.60. The van der Waals surface area contributed by atoms with Crippen molar-refractivity contribution >= 4 is 11.6 Å². The van der Waals surface area contributed by atoms with Gasteiger partial charge in [0.1, 0.15) is 5.75 Å². The molecule has 0 saturated carbocycles. The number of anilines is 1. The largest absolute Gasteiger partial charge is 0.494 e. The first-order valence-corrected chi connectivity index (χ1v) is 6.60. The molecule has 19 heavy (non-hydrogen) atoms. The Hall–Kier alpha value is -1.55. The summed E-state index contributed by atoms with van der Waals surface area (Å²) in [5.41, 5.74) is 4.06. The first-order chi connectivity index (χ1) is 9.01. The highest BCUT2D eigenvalue weighted by Gasteiger charge is 2.14. The Morgan fingerprint density at radius 3 is 2.53 bits per heavy atom. The van der Waals surface area contributed by atoms with E-state index in [0.29, 0.717) is 6.42 Å². The predicted octanol–water partition coefficient (Wildman–Crippen LogP) is 2.56. The number of carbonyl (C=O) groups excluding carboxylic acids is 1. The molecule has 0 bridgehead atoms. The summed E-state index contributed by atoms with van der Waals surface area (Å²) in [6.07, 6.45) is 1.34. The second-order valence-corrected chi connectivity index (χ2v) is 4.80. The van der Waals surface area contributed by atoms with Crippen LogP contribution in [0.25, 0.3) is 0 Å². The lowest BCUT2D eigenvalue weighted by molar-refractivity contribution is -0.116. The molecule has 106 valence electrons. The van der Waals surface area contributed by atoms with Crippen molar-refractivity contribution in [3.8, 4) is 5.75 Å². The molecule has 0 radical (unpaired) electrons.